The number of amidine groups is 1. The maximum absolute atomic E-state index is 7.93. The van der Waals surface area contributed by atoms with E-state index in [9.17, 15) is 0 Å². The molecule has 0 radical (unpaired) electrons. The molecular weight excluding hydrogens is 308 g/mol. The lowest BCUT2D eigenvalue weighted by atomic mass is 10.2. The largest absolute Gasteiger partial charge is 0.311 e. The van der Waals surface area contributed by atoms with E-state index in [1.807, 2.05) is 35.7 Å². The molecule has 3 aromatic rings. The van der Waals surface area contributed by atoms with Gasteiger partial charge in [-0.1, -0.05) is 30.3 Å². The summed E-state index contributed by atoms with van der Waals surface area (Å²) in [5, 5.41) is 23.9. The summed E-state index contributed by atoms with van der Waals surface area (Å²) in [7, 11) is 0. The molecule has 0 aliphatic heterocycles. The summed E-state index contributed by atoms with van der Waals surface area (Å²) < 4.78 is 0. The lowest BCUT2D eigenvalue weighted by molar-refractivity contribution is 1.21. The van der Waals surface area contributed by atoms with Gasteiger partial charge in [0, 0.05) is 28.9 Å². The van der Waals surface area contributed by atoms with Crippen LogP contribution in [0.3, 0.4) is 0 Å². The van der Waals surface area contributed by atoms with Crippen LogP contribution in [0.1, 0.15) is 5.56 Å². The molecule has 1 aromatic carbocycles. The second kappa shape index (κ2) is 6.80. The number of hydrogen-bond donors (Lipinski definition) is 4. The van der Waals surface area contributed by atoms with Crippen molar-refractivity contribution in [3.8, 4) is 11.3 Å². The Balaban J connectivity index is 1.63. The van der Waals surface area contributed by atoms with Crippen molar-refractivity contribution in [1.82, 2.24) is 15.3 Å². The zero-order valence-electron chi connectivity index (χ0n) is 12.1. The Morgan fingerprint density at radius 1 is 1.00 bits per heavy atom. The Hall–Kier alpha value is -3.06. The van der Waals surface area contributed by atoms with E-state index in [0.29, 0.717) is 10.7 Å². The highest BCUT2D eigenvalue weighted by Crippen LogP contribution is 2.24. The molecule has 4 N–H and O–H groups in total. The molecule has 7 heteroatoms. The Morgan fingerprint density at radius 2 is 1.74 bits per heavy atom. The summed E-state index contributed by atoms with van der Waals surface area (Å²) in [4.78, 5) is 8.35. The van der Waals surface area contributed by atoms with Crippen LogP contribution in [0.5, 0.6) is 0 Å². The Kier molecular flexibility index (Phi) is 4.39. The zero-order chi connectivity index (χ0) is 16.1. The highest BCUT2D eigenvalue weighted by atomic mass is 32.1. The molecule has 0 amide bonds. The third kappa shape index (κ3) is 3.78. The van der Waals surface area contributed by atoms with E-state index in [-0.39, 0.29) is 11.8 Å². The van der Waals surface area contributed by atoms with Crippen LogP contribution in [0.15, 0.2) is 60.2 Å². The fourth-order valence-corrected chi connectivity index (χ4v) is 2.65. The summed E-state index contributed by atoms with van der Waals surface area (Å²) in [6, 6.07) is 13.3. The maximum Gasteiger partial charge on any atom is 0.200 e. The number of pyridine rings is 1. The molecule has 0 saturated heterocycles. The average Bonchev–Trinajstić information content (AvgIpc) is 3.04. The van der Waals surface area contributed by atoms with Crippen LogP contribution >= 0.6 is 11.3 Å². The fraction of sp³-hybridized carbons (Fsp3) is 0. The van der Waals surface area contributed by atoms with Crippen molar-refractivity contribution in [3.63, 3.8) is 0 Å². The molecule has 2 heterocycles. The first-order valence-corrected chi connectivity index (χ1v) is 7.73. The van der Waals surface area contributed by atoms with Gasteiger partial charge < -0.3 is 10.6 Å². The number of anilines is 1. The Labute approximate surface area is 137 Å². The van der Waals surface area contributed by atoms with Gasteiger partial charge in [-0.2, -0.15) is 0 Å². The predicted molar refractivity (Wildman–Crippen MR) is 93.1 cm³/mol. The van der Waals surface area contributed by atoms with E-state index in [4.69, 9.17) is 10.8 Å². The van der Waals surface area contributed by atoms with Crippen LogP contribution in [-0.4, -0.2) is 21.8 Å². The first-order chi connectivity index (χ1) is 11.2. The standard InChI is InChI=1S/C16H14N6S/c17-14(12-6-8-19-9-7-12)21-15(18)22-16-20-13(10-23-16)11-4-2-1-3-5-11/h1-10H,(H4,17,18,20,21,22). The molecule has 6 nitrogen and oxygen atoms in total. The molecule has 0 aliphatic rings. The van der Waals surface area contributed by atoms with Crippen LogP contribution in [0.2, 0.25) is 0 Å². The number of rotatable bonds is 3. The van der Waals surface area contributed by atoms with Crippen LogP contribution in [-0.2, 0) is 0 Å². The third-order valence-corrected chi connectivity index (χ3v) is 3.78. The van der Waals surface area contributed by atoms with Gasteiger partial charge in [-0.05, 0) is 12.1 Å². The fourth-order valence-electron chi connectivity index (χ4n) is 1.93. The van der Waals surface area contributed by atoms with E-state index in [2.05, 4.69) is 20.6 Å². The summed E-state index contributed by atoms with van der Waals surface area (Å²) >= 11 is 1.41. The van der Waals surface area contributed by atoms with Crippen molar-refractivity contribution in [2.75, 3.05) is 5.32 Å². The first kappa shape index (κ1) is 14.9. The highest BCUT2D eigenvalue weighted by molar-refractivity contribution is 7.14. The van der Waals surface area contributed by atoms with Crippen molar-refractivity contribution in [3.05, 3.63) is 65.8 Å². The minimum atomic E-state index is 0.000717. The molecule has 0 atom stereocenters. The van der Waals surface area contributed by atoms with Gasteiger partial charge in [-0.3, -0.25) is 15.8 Å². The molecule has 0 fully saturated rings. The minimum absolute atomic E-state index is 0.000717. The van der Waals surface area contributed by atoms with Gasteiger partial charge in [0.2, 0.25) is 0 Å². The maximum atomic E-state index is 7.93. The monoisotopic (exact) mass is 322 g/mol. The molecule has 0 bridgehead atoms. The summed E-state index contributed by atoms with van der Waals surface area (Å²) in [5.41, 5.74) is 2.55. The van der Waals surface area contributed by atoms with E-state index in [0.717, 1.165) is 11.3 Å². The quantitative estimate of drug-likeness (QED) is 0.440. The van der Waals surface area contributed by atoms with Crippen molar-refractivity contribution >= 4 is 28.3 Å². The molecule has 0 spiro atoms. The van der Waals surface area contributed by atoms with Crippen molar-refractivity contribution < 1.29 is 0 Å². The second-order valence-electron chi connectivity index (χ2n) is 4.64. The van der Waals surface area contributed by atoms with Crippen LogP contribution in [0, 0.1) is 10.8 Å². The van der Waals surface area contributed by atoms with Crippen LogP contribution < -0.4 is 10.6 Å². The number of nitrogens with zero attached hydrogens (tertiary/aromatic N) is 2. The lowest BCUT2D eigenvalue weighted by Gasteiger charge is -2.09. The van der Waals surface area contributed by atoms with E-state index < -0.39 is 0 Å². The molecule has 0 aliphatic carbocycles. The number of guanidine groups is 1. The molecule has 3 rings (SSSR count). The molecule has 114 valence electrons. The van der Waals surface area contributed by atoms with Crippen LogP contribution in [0.25, 0.3) is 11.3 Å². The third-order valence-electron chi connectivity index (χ3n) is 3.02. The van der Waals surface area contributed by atoms with Crippen LogP contribution in [0.4, 0.5) is 5.13 Å². The summed E-state index contributed by atoms with van der Waals surface area (Å²) in [5.74, 6) is 0.130. The summed E-state index contributed by atoms with van der Waals surface area (Å²) in [6.07, 6.45) is 3.21. The van der Waals surface area contributed by atoms with Crippen molar-refractivity contribution in [2.45, 2.75) is 0 Å². The van der Waals surface area contributed by atoms with E-state index in [1.165, 1.54) is 11.3 Å². The number of thiazole rings is 1. The van der Waals surface area contributed by atoms with Gasteiger partial charge in [0.15, 0.2) is 11.1 Å². The molecule has 0 unspecified atom stereocenters. The smallest absolute Gasteiger partial charge is 0.200 e. The second-order valence-corrected chi connectivity index (χ2v) is 5.50. The first-order valence-electron chi connectivity index (χ1n) is 6.85. The molecular formula is C16H14N6S. The predicted octanol–water partition coefficient (Wildman–Crippen LogP) is 3.17. The van der Waals surface area contributed by atoms with Crippen molar-refractivity contribution in [2.24, 2.45) is 0 Å². The van der Waals surface area contributed by atoms with E-state index in [1.54, 1.807) is 24.5 Å². The molecule has 0 saturated carbocycles. The SMILES string of the molecule is N=C(NC(=N)c1ccncc1)Nc1nc(-c2ccccc2)cs1. The van der Waals surface area contributed by atoms with Crippen molar-refractivity contribution in [1.29, 1.82) is 10.8 Å². The van der Waals surface area contributed by atoms with Gasteiger partial charge in [0.25, 0.3) is 0 Å². The minimum Gasteiger partial charge on any atom is -0.311 e. The van der Waals surface area contributed by atoms with Gasteiger partial charge in [-0.25, -0.2) is 4.98 Å². The normalized spacial score (nSPS) is 10.1. The van der Waals surface area contributed by atoms with Gasteiger partial charge in [0.1, 0.15) is 5.84 Å². The van der Waals surface area contributed by atoms with Gasteiger partial charge in [-0.15, -0.1) is 11.3 Å². The lowest BCUT2D eigenvalue weighted by Crippen LogP contribution is -2.35. The topological polar surface area (TPSA) is 97.5 Å². The van der Waals surface area contributed by atoms with E-state index >= 15 is 0 Å². The van der Waals surface area contributed by atoms with Gasteiger partial charge >= 0.3 is 0 Å². The number of benzene rings is 1. The highest BCUT2D eigenvalue weighted by Gasteiger charge is 2.08. The molecule has 2 aromatic heterocycles. The number of nitrogens with one attached hydrogen (secondary N) is 4. The Morgan fingerprint density at radius 3 is 2.48 bits per heavy atom. The number of aromatic nitrogens is 2. The van der Waals surface area contributed by atoms with Gasteiger partial charge in [0.05, 0.1) is 5.69 Å². The number of hydrogen-bond acceptors (Lipinski definition) is 5. The Bertz CT molecular complexity index is 813. The summed E-state index contributed by atoms with van der Waals surface area (Å²) in [6.45, 7) is 0. The molecule has 23 heavy (non-hydrogen) atoms. The average molecular weight is 322 g/mol. The zero-order valence-corrected chi connectivity index (χ0v) is 12.9.